The minimum atomic E-state index is -0.723. The van der Waals surface area contributed by atoms with E-state index < -0.39 is 5.97 Å². The zero-order valence-electron chi connectivity index (χ0n) is 11.9. The van der Waals surface area contributed by atoms with Crippen LogP contribution in [-0.2, 0) is 9.53 Å². The first kappa shape index (κ1) is 14.5. The highest BCUT2D eigenvalue weighted by molar-refractivity contribution is 5.71. The van der Waals surface area contributed by atoms with Crippen molar-refractivity contribution in [3.8, 4) is 0 Å². The van der Waals surface area contributed by atoms with Crippen molar-refractivity contribution in [2.45, 2.75) is 66.6 Å². The molecule has 3 nitrogen and oxygen atoms in total. The molecular formula is C14H26O3. The first-order valence-corrected chi connectivity index (χ1v) is 6.48. The zero-order chi connectivity index (χ0) is 13.4. The lowest BCUT2D eigenvalue weighted by Crippen LogP contribution is -2.36. The molecule has 0 aromatic carbocycles. The molecule has 1 aliphatic heterocycles. The smallest absolute Gasteiger partial charge is 0.309 e. The summed E-state index contributed by atoms with van der Waals surface area (Å²) in [5, 5.41) is 9.32. The largest absolute Gasteiger partial charge is 0.481 e. The molecule has 1 heterocycles. The van der Waals surface area contributed by atoms with Crippen LogP contribution in [0.4, 0.5) is 0 Å². The Balaban J connectivity index is 2.91. The first-order chi connectivity index (χ1) is 7.59. The van der Waals surface area contributed by atoms with Crippen LogP contribution in [0, 0.1) is 16.7 Å². The van der Waals surface area contributed by atoms with Crippen LogP contribution < -0.4 is 0 Å². The number of hydrogen-bond acceptors (Lipinski definition) is 2. The Morgan fingerprint density at radius 1 is 1.29 bits per heavy atom. The van der Waals surface area contributed by atoms with Crippen LogP contribution in [0.15, 0.2) is 0 Å². The van der Waals surface area contributed by atoms with E-state index in [2.05, 4.69) is 41.5 Å². The average molecular weight is 242 g/mol. The summed E-state index contributed by atoms with van der Waals surface area (Å²) in [5.74, 6) is -1.09. The van der Waals surface area contributed by atoms with E-state index in [1.54, 1.807) is 0 Å². The molecule has 1 rings (SSSR count). The number of carboxylic acid groups (broad SMARTS) is 1. The van der Waals surface area contributed by atoms with Gasteiger partial charge in [0.1, 0.15) is 0 Å². The van der Waals surface area contributed by atoms with Crippen molar-refractivity contribution in [1.29, 1.82) is 0 Å². The molecule has 3 unspecified atom stereocenters. The maximum atomic E-state index is 11.3. The van der Waals surface area contributed by atoms with Gasteiger partial charge in [0.15, 0.2) is 0 Å². The Labute approximate surface area is 105 Å². The lowest BCUT2D eigenvalue weighted by Gasteiger charge is -2.33. The number of carbonyl (C=O) groups is 1. The van der Waals surface area contributed by atoms with Crippen LogP contribution in [0.25, 0.3) is 0 Å². The minimum Gasteiger partial charge on any atom is -0.481 e. The Bertz CT molecular complexity index is 288. The van der Waals surface area contributed by atoms with Gasteiger partial charge in [-0.3, -0.25) is 4.79 Å². The van der Waals surface area contributed by atoms with Gasteiger partial charge in [0.2, 0.25) is 0 Å². The van der Waals surface area contributed by atoms with E-state index in [0.717, 1.165) is 6.42 Å². The number of hydrogen-bond donors (Lipinski definition) is 1. The van der Waals surface area contributed by atoms with Crippen LogP contribution in [0.5, 0.6) is 0 Å². The predicted octanol–water partition coefficient (Wildman–Crippen LogP) is 3.33. The highest BCUT2D eigenvalue weighted by Crippen LogP contribution is 2.44. The first-order valence-electron chi connectivity index (χ1n) is 6.48. The summed E-state index contributed by atoms with van der Waals surface area (Å²) in [6.07, 6.45) is 1.51. The second kappa shape index (κ2) is 4.60. The highest BCUT2D eigenvalue weighted by atomic mass is 16.5. The van der Waals surface area contributed by atoms with Crippen LogP contribution in [0.1, 0.15) is 54.4 Å². The van der Waals surface area contributed by atoms with Gasteiger partial charge < -0.3 is 9.84 Å². The van der Waals surface area contributed by atoms with Gasteiger partial charge in [-0.25, -0.2) is 0 Å². The summed E-state index contributed by atoms with van der Waals surface area (Å²) < 4.78 is 6.07. The van der Waals surface area contributed by atoms with Crippen molar-refractivity contribution < 1.29 is 14.6 Å². The highest BCUT2D eigenvalue weighted by Gasteiger charge is 2.49. The monoisotopic (exact) mass is 242 g/mol. The fraction of sp³-hybridized carbons (Fsp3) is 0.929. The Morgan fingerprint density at radius 2 is 1.82 bits per heavy atom. The molecule has 0 aromatic heterocycles. The summed E-state index contributed by atoms with van der Waals surface area (Å²) in [7, 11) is 0. The Kier molecular flexibility index (Phi) is 3.92. The molecule has 0 saturated carbocycles. The SMILES string of the molecule is CCC(C)(C)C1CC(C(=O)O)C(C(C)(C)C)O1. The molecule has 17 heavy (non-hydrogen) atoms. The quantitative estimate of drug-likeness (QED) is 0.825. The summed E-state index contributed by atoms with van der Waals surface area (Å²) >= 11 is 0. The van der Waals surface area contributed by atoms with E-state index in [4.69, 9.17) is 4.74 Å². The molecule has 0 aromatic rings. The second-order valence-corrected chi connectivity index (χ2v) is 6.93. The number of rotatable bonds is 3. The van der Waals surface area contributed by atoms with Crippen LogP contribution >= 0.6 is 0 Å². The number of ether oxygens (including phenoxy) is 1. The van der Waals surface area contributed by atoms with Crippen LogP contribution in [-0.4, -0.2) is 23.3 Å². The van der Waals surface area contributed by atoms with Gasteiger partial charge in [-0.1, -0.05) is 41.5 Å². The lowest BCUT2D eigenvalue weighted by atomic mass is 9.78. The summed E-state index contributed by atoms with van der Waals surface area (Å²) in [5.41, 5.74) is -0.0741. The molecular weight excluding hydrogens is 216 g/mol. The molecule has 1 fully saturated rings. The van der Waals surface area contributed by atoms with Gasteiger partial charge in [-0.15, -0.1) is 0 Å². The van der Waals surface area contributed by atoms with Crippen molar-refractivity contribution in [2.24, 2.45) is 16.7 Å². The van der Waals surface area contributed by atoms with E-state index >= 15 is 0 Å². The predicted molar refractivity (Wildman–Crippen MR) is 67.9 cm³/mol. The van der Waals surface area contributed by atoms with Gasteiger partial charge in [-0.05, 0) is 23.7 Å². The fourth-order valence-corrected chi connectivity index (χ4v) is 2.45. The normalized spacial score (nSPS) is 30.6. The van der Waals surface area contributed by atoms with Gasteiger partial charge >= 0.3 is 5.97 Å². The molecule has 3 atom stereocenters. The molecule has 100 valence electrons. The van der Waals surface area contributed by atoms with Crippen molar-refractivity contribution in [1.82, 2.24) is 0 Å². The van der Waals surface area contributed by atoms with Gasteiger partial charge in [-0.2, -0.15) is 0 Å². The third-order valence-corrected chi connectivity index (χ3v) is 4.10. The van der Waals surface area contributed by atoms with E-state index in [9.17, 15) is 9.90 Å². The van der Waals surface area contributed by atoms with Crippen molar-refractivity contribution >= 4 is 5.97 Å². The van der Waals surface area contributed by atoms with Gasteiger partial charge in [0.05, 0.1) is 18.1 Å². The molecule has 0 aliphatic carbocycles. The summed E-state index contributed by atoms with van der Waals surface area (Å²) in [4.78, 5) is 11.3. The van der Waals surface area contributed by atoms with E-state index in [0.29, 0.717) is 6.42 Å². The molecule has 1 aliphatic rings. The van der Waals surface area contributed by atoms with Gasteiger partial charge in [0.25, 0.3) is 0 Å². The Morgan fingerprint density at radius 3 is 2.12 bits per heavy atom. The van der Waals surface area contributed by atoms with E-state index in [-0.39, 0.29) is 29.0 Å². The maximum Gasteiger partial charge on any atom is 0.309 e. The lowest BCUT2D eigenvalue weighted by molar-refractivity contribution is -0.146. The van der Waals surface area contributed by atoms with E-state index in [1.807, 2.05) is 0 Å². The van der Waals surface area contributed by atoms with Crippen molar-refractivity contribution in [3.63, 3.8) is 0 Å². The molecule has 0 amide bonds. The minimum absolute atomic E-state index is 0.0493. The van der Waals surface area contributed by atoms with Crippen molar-refractivity contribution in [2.75, 3.05) is 0 Å². The molecule has 1 saturated heterocycles. The topological polar surface area (TPSA) is 46.5 Å². The Hall–Kier alpha value is -0.570. The molecule has 0 spiro atoms. The van der Waals surface area contributed by atoms with Crippen LogP contribution in [0.3, 0.4) is 0 Å². The standard InChI is InChI=1S/C14H26O3/c1-7-14(5,6)10-8-9(12(15)16)11(17-10)13(2,3)4/h9-11H,7-8H2,1-6H3,(H,15,16). The molecule has 0 bridgehead atoms. The fourth-order valence-electron chi connectivity index (χ4n) is 2.45. The second-order valence-electron chi connectivity index (χ2n) is 6.93. The third-order valence-electron chi connectivity index (χ3n) is 4.10. The summed E-state index contributed by atoms with van der Waals surface area (Å²) in [6.45, 7) is 12.6. The number of carboxylic acids is 1. The van der Waals surface area contributed by atoms with Gasteiger partial charge in [0, 0.05) is 0 Å². The molecule has 1 N–H and O–H groups in total. The van der Waals surface area contributed by atoms with Crippen molar-refractivity contribution in [3.05, 3.63) is 0 Å². The number of aliphatic carboxylic acids is 1. The summed E-state index contributed by atoms with van der Waals surface area (Å²) in [6, 6.07) is 0. The molecule has 0 radical (unpaired) electrons. The van der Waals surface area contributed by atoms with Crippen LogP contribution in [0.2, 0.25) is 0 Å². The van der Waals surface area contributed by atoms with E-state index in [1.165, 1.54) is 0 Å². The maximum absolute atomic E-state index is 11.3. The average Bonchev–Trinajstić information content (AvgIpc) is 2.61. The molecule has 3 heteroatoms. The zero-order valence-corrected chi connectivity index (χ0v) is 11.9. The third kappa shape index (κ3) is 3.01.